The number of hydrogen-bond acceptors (Lipinski definition) is 8. The van der Waals surface area contributed by atoms with Crippen LogP contribution in [0.15, 0.2) is 36.7 Å². The number of alkyl halides is 3. The molecule has 0 spiro atoms. The summed E-state index contributed by atoms with van der Waals surface area (Å²) in [6.45, 7) is 2.49. The van der Waals surface area contributed by atoms with Gasteiger partial charge in [0.05, 0.1) is 29.1 Å². The number of nitro benzene ring substituents is 1. The first-order valence-electron chi connectivity index (χ1n) is 14.1. The van der Waals surface area contributed by atoms with Gasteiger partial charge in [-0.1, -0.05) is 0 Å². The Bertz CT molecular complexity index is 1220. The van der Waals surface area contributed by atoms with Crippen LogP contribution in [0.25, 0.3) is 0 Å². The third-order valence-electron chi connectivity index (χ3n) is 8.02. The van der Waals surface area contributed by atoms with Crippen LogP contribution in [-0.4, -0.2) is 65.3 Å². The van der Waals surface area contributed by atoms with Crippen molar-refractivity contribution < 1.29 is 32.4 Å². The number of aromatic nitrogens is 1. The lowest BCUT2D eigenvalue weighted by molar-refractivity contribution is -0.388. The van der Waals surface area contributed by atoms with Gasteiger partial charge in [0.2, 0.25) is 0 Å². The Kier molecular flexibility index (Phi) is 8.69. The number of nitro groups is 1. The molecule has 1 amide bonds. The molecule has 2 saturated carbocycles. The Hall–Kier alpha value is -3.77. The molecule has 1 aromatic carbocycles. The fourth-order valence-electron chi connectivity index (χ4n) is 5.78. The van der Waals surface area contributed by atoms with Crippen LogP contribution in [0.2, 0.25) is 0 Å². The number of nitrogens with zero attached hydrogens (tertiary/aromatic N) is 4. The van der Waals surface area contributed by atoms with Crippen LogP contribution < -0.4 is 15.0 Å². The Balaban J connectivity index is 1.09. The van der Waals surface area contributed by atoms with E-state index in [1.54, 1.807) is 17.3 Å². The summed E-state index contributed by atoms with van der Waals surface area (Å²) < 4.78 is 51.8. The fourth-order valence-corrected chi connectivity index (χ4v) is 5.78. The first-order chi connectivity index (χ1) is 19.7. The van der Waals surface area contributed by atoms with Crippen molar-refractivity contribution in [3.05, 3.63) is 52.3 Å². The predicted octanol–water partition coefficient (Wildman–Crippen LogP) is 6.01. The maximum atomic E-state index is 13.3. The number of pyridine rings is 1. The molecule has 10 nitrogen and oxygen atoms in total. The summed E-state index contributed by atoms with van der Waals surface area (Å²) in [7, 11) is 0. The molecule has 2 heterocycles. The second-order valence-corrected chi connectivity index (χ2v) is 10.9. The van der Waals surface area contributed by atoms with Gasteiger partial charge in [0.15, 0.2) is 0 Å². The molecule has 1 saturated heterocycles. The zero-order chi connectivity index (χ0) is 29.0. The average molecular weight is 578 g/mol. The zero-order valence-corrected chi connectivity index (χ0v) is 22.6. The minimum Gasteiger partial charge on any atom is -0.489 e. The van der Waals surface area contributed by atoms with Gasteiger partial charge in [-0.05, 0) is 63.5 Å². The number of benzene rings is 1. The largest absolute Gasteiger partial charge is 0.489 e. The van der Waals surface area contributed by atoms with E-state index in [1.807, 2.05) is 6.07 Å². The first kappa shape index (κ1) is 28.7. The van der Waals surface area contributed by atoms with Crippen LogP contribution in [0.5, 0.6) is 5.75 Å². The Morgan fingerprint density at radius 2 is 1.68 bits per heavy atom. The molecule has 0 bridgehead atoms. The van der Waals surface area contributed by atoms with Crippen molar-refractivity contribution in [3.63, 3.8) is 0 Å². The number of anilines is 2. The van der Waals surface area contributed by atoms with E-state index in [0.717, 1.165) is 43.5 Å². The highest BCUT2D eigenvalue weighted by Crippen LogP contribution is 2.38. The number of rotatable bonds is 7. The van der Waals surface area contributed by atoms with Gasteiger partial charge in [-0.25, -0.2) is 4.79 Å². The van der Waals surface area contributed by atoms with Crippen LogP contribution in [0, 0.1) is 10.1 Å². The molecule has 3 fully saturated rings. The van der Waals surface area contributed by atoms with Crippen molar-refractivity contribution in [3.8, 4) is 5.75 Å². The molecule has 2 aromatic rings. The van der Waals surface area contributed by atoms with Crippen molar-refractivity contribution in [1.29, 1.82) is 0 Å². The van der Waals surface area contributed by atoms with Crippen LogP contribution >= 0.6 is 0 Å². The first-order valence-corrected chi connectivity index (χ1v) is 14.1. The minimum absolute atomic E-state index is 0.0500. The van der Waals surface area contributed by atoms with Gasteiger partial charge in [-0.15, -0.1) is 0 Å². The maximum Gasteiger partial charge on any atom is 0.423 e. The van der Waals surface area contributed by atoms with E-state index in [1.165, 1.54) is 6.07 Å². The SMILES string of the molecule is O=C(OC1CCCC1)N1CCN(c2cncc(OC3CCC(Nc4ccc([N+](=O)[O-])c(C(F)(F)F)c4)CC3)c2)CC1. The average Bonchev–Trinajstić information content (AvgIpc) is 3.47. The molecule has 222 valence electrons. The van der Waals surface area contributed by atoms with Crippen molar-refractivity contribution in [2.45, 2.75) is 75.8 Å². The number of ether oxygens (including phenoxy) is 2. The lowest BCUT2D eigenvalue weighted by atomic mass is 9.92. The molecular formula is C28H34F3N5O5. The van der Waals surface area contributed by atoms with Crippen molar-refractivity contribution in [2.24, 2.45) is 0 Å². The Morgan fingerprint density at radius 3 is 2.34 bits per heavy atom. The van der Waals surface area contributed by atoms with Gasteiger partial charge in [-0.2, -0.15) is 13.2 Å². The highest BCUT2D eigenvalue weighted by atomic mass is 19.4. The zero-order valence-electron chi connectivity index (χ0n) is 22.6. The van der Waals surface area contributed by atoms with Crippen molar-refractivity contribution in [2.75, 3.05) is 36.4 Å². The van der Waals surface area contributed by atoms with E-state index in [2.05, 4.69) is 15.2 Å². The number of piperazine rings is 1. The molecular weight excluding hydrogens is 543 g/mol. The number of carbonyl (C=O) groups is 1. The molecule has 41 heavy (non-hydrogen) atoms. The van der Waals surface area contributed by atoms with Crippen LogP contribution in [0.1, 0.15) is 56.9 Å². The van der Waals surface area contributed by atoms with E-state index in [9.17, 15) is 28.1 Å². The standard InChI is InChI=1S/C28H34F3N5O5/c29-28(30,31)25-15-20(7-10-26(25)36(38)39)33-19-5-8-23(9-6-19)40-24-16-21(17-32-18-24)34-11-13-35(14-12-34)27(37)41-22-3-1-2-4-22/h7,10,15-19,22-23,33H,1-6,8-9,11-14H2. The van der Waals surface area contributed by atoms with E-state index in [-0.39, 0.29) is 30.0 Å². The normalized spacial score (nSPS) is 21.9. The van der Waals surface area contributed by atoms with Gasteiger partial charge < -0.3 is 24.6 Å². The third-order valence-corrected chi connectivity index (χ3v) is 8.02. The topological polar surface area (TPSA) is 110 Å². The molecule has 2 aliphatic carbocycles. The summed E-state index contributed by atoms with van der Waals surface area (Å²) in [6, 6.07) is 4.88. The second-order valence-electron chi connectivity index (χ2n) is 10.9. The number of nitrogens with one attached hydrogen (secondary N) is 1. The van der Waals surface area contributed by atoms with E-state index in [4.69, 9.17) is 9.47 Å². The van der Waals surface area contributed by atoms with Gasteiger partial charge in [0.25, 0.3) is 5.69 Å². The van der Waals surface area contributed by atoms with Gasteiger partial charge >= 0.3 is 12.3 Å². The molecule has 0 atom stereocenters. The number of halogens is 3. The number of hydrogen-bond donors (Lipinski definition) is 1. The monoisotopic (exact) mass is 577 g/mol. The van der Waals surface area contributed by atoms with Gasteiger partial charge in [0, 0.05) is 50.0 Å². The molecule has 3 aliphatic rings. The molecule has 0 radical (unpaired) electrons. The van der Waals surface area contributed by atoms with Crippen LogP contribution in [0.3, 0.4) is 0 Å². The highest BCUT2D eigenvalue weighted by molar-refractivity contribution is 5.68. The molecule has 13 heteroatoms. The van der Waals surface area contributed by atoms with Crippen LogP contribution in [0.4, 0.5) is 35.0 Å². The van der Waals surface area contributed by atoms with Crippen molar-refractivity contribution in [1.82, 2.24) is 9.88 Å². The molecule has 1 aliphatic heterocycles. The number of carbonyl (C=O) groups excluding carboxylic acids is 1. The quantitative estimate of drug-likeness (QED) is 0.315. The summed E-state index contributed by atoms with van der Waals surface area (Å²) >= 11 is 0. The molecule has 0 unspecified atom stereocenters. The molecule has 5 rings (SSSR count). The van der Waals surface area contributed by atoms with E-state index >= 15 is 0 Å². The lowest BCUT2D eigenvalue weighted by Crippen LogP contribution is -2.49. The second kappa shape index (κ2) is 12.4. The minimum atomic E-state index is -4.82. The van der Waals surface area contributed by atoms with Gasteiger partial charge in [-0.3, -0.25) is 15.1 Å². The summed E-state index contributed by atoms with van der Waals surface area (Å²) in [5.41, 5.74) is -1.10. The molecule has 1 N–H and O–H groups in total. The van der Waals surface area contributed by atoms with E-state index in [0.29, 0.717) is 57.6 Å². The third kappa shape index (κ3) is 7.31. The van der Waals surface area contributed by atoms with Crippen molar-refractivity contribution >= 4 is 23.2 Å². The Labute approximate surface area is 236 Å². The fraction of sp³-hybridized carbons (Fsp3) is 0.571. The predicted molar refractivity (Wildman–Crippen MR) is 145 cm³/mol. The molecule has 1 aromatic heterocycles. The summed E-state index contributed by atoms with van der Waals surface area (Å²) in [5.74, 6) is 0.646. The number of amides is 1. The summed E-state index contributed by atoms with van der Waals surface area (Å²) in [6.07, 6.45) is 5.26. The Morgan fingerprint density at radius 1 is 0.976 bits per heavy atom. The summed E-state index contributed by atoms with van der Waals surface area (Å²) in [5, 5.41) is 14.1. The highest BCUT2D eigenvalue weighted by Gasteiger charge is 2.38. The van der Waals surface area contributed by atoms with E-state index < -0.39 is 22.4 Å². The maximum absolute atomic E-state index is 13.3. The van der Waals surface area contributed by atoms with Crippen LogP contribution in [-0.2, 0) is 10.9 Å². The van der Waals surface area contributed by atoms with Gasteiger partial charge in [0.1, 0.15) is 17.4 Å². The lowest BCUT2D eigenvalue weighted by Gasteiger charge is -2.36. The summed E-state index contributed by atoms with van der Waals surface area (Å²) in [4.78, 5) is 30.7. The smallest absolute Gasteiger partial charge is 0.423 e.